The Morgan fingerprint density at radius 1 is 1.88 bits per heavy atom. The summed E-state index contributed by atoms with van der Waals surface area (Å²) in [5.74, 6) is 0. The zero-order valence-electron chi connectivity index (χ0n) is 4.69. The van der Waals surface area contributed by atoms with Crippen molar-refractivity contribution >= 4 is 22.4 Å². The molecular weight excluding hydrogens is 172 g/mol. The molecule has 1 atom stereocenters. The largest absolute Gasteiger partial charge is 0.442 e. The van der Waals surface area contributed by atoms with Crippen molar-refractivity contribution in [1.82, 2.24) is 0 Å². The maximum Gasteiger partial charge on any atom is 0.418 e. The number of carbonyl (C=O) groups excluding carboxylic acids is 1. The summed E-state index contributed by atoms with van der Waals surface area (Å²) >= 11 is 3.11. The Hall–Kier alpha value is -0.0500. The molecule has 0 aromatic carbocycles. The normalized spacial score (nSPS) is 12.8. The van der Waals surface area contributed by atoms with Gasteiger partial charge in [0, 0.05) is 0 Å². The number of rotatable bonds is 4. The molecular formula is C5H8BrO2. The van der Waals surface area contributed by atoms with Crippen LogP contribution >= 0.6 is 15.9 Å². The number of ether oxygens (including phenoxy) is 1. The molecule has 1 unspecified atom stereocenters. The van der Waals surface area contributed by atoms with Crippen molar-refractivity contribution in [2.24, 2.45) is 0 Å². The summed E-state index contributed by atoms with van der Waals surface area (Å²) in [5, 5.41) is -0.148. The lowest BCUT2D eigenvalue weighted by Crippen LogP contribution is -2.00. The third-order valence-electron chi connectivity index (χ3n) is 0.692. The third kappa shape index (κ3) is 4.12. The van der Waals surface area contributed by atoms with E-state index in [1.54, 1.807) is 0 Å². The van der Waals surface area contributed by atoms with Gasteiger partial charge in [0.15, 0.2) is 5.01 Å². The summed E-state index contributed by atoms with van der Waals surface area (Å²) in [6, 6.07) is 0. The molecule has 0 bridgehead atoms. The summed E-state index contributed by atoms with van der Waals surface area (Å²) in [7, 11) is 0. The van der Waals surface area contributed by atoms with E-state index in [0.29, 0.717) is 0 Å². The van der Waals surface area contributed by atoms with Gasteiger partial charge in [-0.05, 0) is 22.4 Å². The lowest BCUT2D eigenvalue weighted by molar-refractivity contribution is 0.248. The molecule has 1 radical (unpaired) electrons. The third-order valence-corrected chi connectivity index (χ3v) is 1.34. The zero-order valence-corrected chi connectivity index (χ0v) is 6.27. The first-order valence-corrected chi connectivity index (χ1v) is 3.39. The van der Waals surface area contributed by atoms with E-state index < -0.39 is 0 Å². The van der Waals surface area contributed by atoms with Gasteiger partial charge in [0.2, 0.25) is 0 Å². The predicted molar refractivity (Wildman–Crippen MR) is 34.4 cm³/mol. The molecule has 0 aromatic heterocycles. The predicted octanol–water partition coefficient (Wildman–Crippen LogP) is 1.59. The van der Waals surface area contributed by atoms with Gasteiger partial charge in [-0.25, -0.2) is 4.79 Å². The Labute approximate surface area is 57.3 Å². The van der Waals surface area contributed by atoms with Crippen molar-refractivity contribution in [3.05, 3.63) is 0 Å². The molecule has 0 amide bonds. The topological polar surface area (TPSA) is 26.3 Å². The summed E-state index contributed by atoms with van der Waals surface area (Å²) in [6.45, 7) is 3.37. The lowest BCUT2D eigenvalue weighted by Gasteiger charge is -2.01. The maximum atomic E-state index is 9.51. The molecule has 0 N–H and O–H groups in total. The summed E-state index contributed by atoms with van der Waals surface area (Å²) in [6.07, 6.45) is 1.84. The summed E-state index contributed by atoms with van der Waals surface area (Å²) < 4.78 is 4.39. The highest BCUT2D eigenvalue weighted by Gasteiger charge is 1.99. The Kier molecular flexibility index (Phi) is 5.06. The molecule has 0 rings (SSSR count). The van der Waals surface area contributed by atoms with Gasteiger partial charge >= 0.3 is 6.47 Å². The Morgan fingerprint density at radius 2 is 2.50 bits per heavy atom. The Balaban J connectivity index is 3.03. The van der Waals surface area contributed by atoms with Gasteiger partial charge in [-0.3, -0.25) is 0 Å². The number of halogens is 1. The molecule has 0 heterocycles. The lowest BCUT2D eigenvalue weighted by atomic mass is 10.4. The van der Waals surface area contributed by atoms with E-state index in [2.05, 4.69) is 20.7 Å². The quantitative estimate of drug-likeness (QED) is 0.614. The van der Waals surface area contributed by atoms with Gasteiger partial charge in [-0.1, -0.05) is 13.3 Å². The molecule has 0 spiro atoms. The van der Waals surface area contributed by atoms with Gasteiger partial charge < -0.3 is 4.74 Å². The standard InChI is InChI=1S/C5H8BrO2/c1-2-3-5(6)8-4-7/h5H,2-3H2,1H3. The first-order chi connectivity index (χ1) is 3.81. The molecule has 0 aliphatic carbocycles. The highest BCUT2D eigenvalue weighted by atomic mass is 79.9. The second-order valence-corrected chi connectivity index (χ2v) is 2.42. The van der Waals surface area contributed by atoms with Crippen LogP contribution < -0.4 is 0 Å². The molecule has 47 valence electrons. The minimum atomic E-state index is -0.148. The van der Waals surface area contributed by atoms with Crippen LogP contribution in [0.3, 0.4) is 0 Å². The molecule has 3 heteroatoms. The SMILES string of the molecule is CCCC(Br)O[C]=O. The van der Waals surface area contributed by atoms with Crippen molar-refractivity contribution in [2.45, 2.75) is 24.8 Å². The van der Waals surface area contributed by atoms with Gasteiger partial charge in [-0.15, -0.1) is 0 Å². The minimum absolute atomic E-state index is 0.148. The highest BCUT2D eigenvalue weighted by molar-refractivity contribution is 9.09. The first kappa shape index (κ1) is 7.95. The van der Waals surface area contributed by atoms with Crippen LogP contribution in [0.2, 0.25) is 0 Å². The number of hydrogen-bond acceptors (Lipinski definition) is 2. The molecule has 8 heavy (non-hydrogen) atoms. The van der Waals surface area contributed by atoms with Gasteiger partial charge in [-0.2, -0.15) is 0 Å². The van der Waals surface area contributed by atoms with E-state index in [-0.39, 0.29) is 5.01 Å². The zero-order chi connectivity index (χ0) is 6.41. The molecule has 0 saturated heterocycles. The van der Waals surface area contributed by atoms with Crippen LogP contribution in [0.1, 0.15) is 19.8 Å². The smallest absolute Gasteiger partial charge is 0.418 e. The van der Waals surface area contributed by atoms with Gasteiger partial charge in [0.25, 0.3) is 0 Å². The van der Waals surface area contributed by atoms with E-state index in [1.807, 2.05) is 6.92 Å². The van der Waals surface area contributed by atoms with Crippen LogP contribution in [0.5, 0.6) is 0 Å². The Bertz CT molecular complexity index is 65.4. The van der Waals surface area contributed by atoms with Crippen LogP contribution in [-0.2, 0) is 9.53 Å². The fraction of sp³-hybridized carbons (Fsp3) is 0.800. The average molecular weight is 180 g/mol. The molecule has 0 aliphatic heterocycles. The van der Waals surface area contributed by atoms with Crippen LogP contribution in [0.25, 0.3) is 0 Å². The van der Waals surface area contributed by atoms with E-state index in [4.69, 9.17) is 0 Å². The van der Waals surface area contributed by atoms with E-state index in [0.717, 1.165) is 12.8 Å². The minimum Gasteiger partial charge on any atom is -0.442 e. The van der Waals surface area contributed by atoms with E-state index in [9.17, 15) is 4.79 Å². The molecule has 0 fully saturated rings. The number of alkyl halides is 1. The molecule has 0 aliphatic rings. The van der Waals surface area contributed by atoms with Crippen LogP contribution in [-0.4, -0.2) is 11.5 Å². The van der Waals surface area contributed by atoms with Crippen LogP contribution in [0.4, 0.5) is 0 Å². The molecule has 2 nitrogen and oxygen atoms in total. The Morgan fingerprint density at radius 3 is 2.88 bits per heavy atom. The fourth-order valence-corrected chi connectivity index (χ4v) is 0.872. The summed E-state index contributed by atoms with van der Waals surface area (Å²) in [5.41, 5.74) is 0. The second kappa shape index (κ2) is 5.09. The van der Waals surface area contributed by atoms with Crippen LogP contribution in [0, 0.1) is 0 Å². The highest BCUT2D eigenvalue weighted by Crippen LogP contribution is 2.06. The monoisotopic (exact) mass is 179 g/mol. The van der Waals surface area contributed by atoms with Gasteiger partial charge in [0.05, 0.1) is 0 Å². The molecule has 0 saturated carbocycles. The summed E-state index contributed by atoms with van der Waals surface area (Å²) in [4.78, 5) is 9.51. The molecule has 0 aromatic rings. The first-order valence-electron chi connectivity index (χ1n) is 2.48. The van der Waals surface area contributed by atoms with E-state index >= 15 is 0 Å². The maximum absolute atomic E-state index is 9.51. The fourth-order valence-electron chi connectivity index (χ4n) is 0.338. The number of hydrogen-bond donors (Lipinski definition) is 0. The van der Waals surface area contributed by atoms with E-state index in [1.165, 1.54) is 6.47 Å². The van der Waals surface area contributed by atoms with Crippen LogP contribution in [0.15, 0.2) is 0 Å². The van der Waals surface area contributed by atoms with Gasteiger partial charge in [0.1, 0.15) is 0 Å². The van der Waals surface area contributed by atoms with Crippen molar-refractivity contribution in [2.75, 3.05) is 0 Å². The van der Waals surface area contributed by atoms with Crippen molar-refractivity contribution in [1.29, 1.82) is 0 Å². The van der Waals surface area contributed by atoms with Crippen molar-refractivity contribution in [3.8, 4) is 0 Å². The second-order valence-electron chi connectivity index (χ2n) is 1.40. The van der Waals surface area contributed by atoms with Crippen molar-refractivity contribution < 1.29 is 9.53 Å². The average Bonchev–Trinajstić information content (AvgIpc) is 1.68. The van der Waals surface area contributed by atoms with Crippen molar-refractivity contribution in [3.63, 3.8) is 0 Å².